The van der Waals surface area contributed by atoms with E-state index in [1.807, 2.05) is 26.1 Å². The predicted octanol–water partition coefficient (Wildman–Crippen LogP) is 5.05. The molecule has 0 aliphatic heterocycles. The van der Waals surface area contributed by atoms with Crippen molar-refractivity contribution in [1.29, 1.82) is 0 Å². The minimum Gasteiger partial charge on any atom is -0.286 e. The number of carbonyl (C=O) groups is 1. The fourth-order valence-corrected chi connectivity index (χ4v) is 6.37. The first-order chi connectivity index (χ1) is 16.2. The van der Waals surface area contributed by atoms with Gasteiger partial charge in [0.1, 0.15) is 0 Å². The van der Waals surface area contributed by atoms with E-state index < -0.39 is 9.84 Å². The summed E-state index contributed by atoms with van der Waals surface area (Å²) in [5.41, 5.74) is 3.08. The number of thiazole rings is 1. The Balaban J connectivity index is 1.51. The zero-order valence-electron chi connectivity index (χ0n) is 18.9. The lowest BCUT2D eigenvalue weighted by Crippen LogP contribution is -2.34. The van der Waals surface area contributed by atoms with E-state index in [0.29, 0.717) is 23.2 Å². The van der Waals surface area contributed by atoms with Gasteiger partial charge in [0.2, 0.25) is 5.91 Å². The fourth-order valence-electron chi connectivity index (χ4n) is 3.74. The zero-order valence-corrected chi connectivity index (χ0v) is 21.3. The normalized spacial score (nSPS) is 11.7. The highest BCUT2D eigenvalue weighted by molar-refractivity contribution is 7.91. The number of aromatic nitrogens is 3. The summed E-state index contributed by atoms with van der Waals surface area (Å²) in [6, 6.07) is 12.0. The highest BCUT2D eigenvalue weighted by atomic mass is 35.5. The minimum absolute atomic E-state index is 0.0971. The van der Waals surface area contributed by atoms with Crippen molar-refractivity contribution in [2.75, 3.05) is 17.2 Å². The SMILES string of the molecule is Cc1cc(C)c2nc(N(CCn3cccn3)C(=O)CCCS(=O)(=O)c3ccc(Cl)cc3)sc2c1. The van der Waals surface area contributed by atoms with Gasteiger partial charge in [-0.05, 0) is 67.8 Å². The van der Waals surface area contributed by atoms with Gasteiger partial charge in [0.15, 0.2) is 15.0 Å². The number of hydrogen-bond donors (Lipinski definition) is 0. The molecule has 0 fully saturated rings. The van der Waals surface area contributed by atoms with E-state index in [4.69, 9.17) is 16.6 Å². The molecule has 0 spiro atoms. The van der Waals surface area contributed by atoms with Crippen LogP contribution in [0.4, 0.5) is 5.13 Å². The topological polar surface area (TPSA) is 85.2 Å². The molecular weight excluding hydrogens is 492 g/mol. The van der Waals surface area contributed by atoms with Gasteiger partial charge in [0.05, 0.1) is 27.4 Å². The molecule has 178 valence electrons. The van der Waals surface area contributed by atoms with Gasteiger partial charge in [-0.25, -0.2) is 13.4 Å². The van der Waals surface area contributed by atoms with Crippen LogP contribution in [0.15, 0.2) is 59.8 Å². The second-order valence-electron chi connectivity index (χ2n) is 8.12. The fraction of sp³-hybridized carbons (Fsp3) is 0.292. The molecule has 2 heterocycles. The molecule has 7 nitrogen and oxygen atoms in total. The lowest BCUT2D eigenvalue weighted by atomic mass is 10.1. The number of halogens is 1. The van der Waals surface area contributed by atoms with Gasteiger partial charge >= 0.3 is 0 Å². The molecular formula is C24H25ClN4O3S2. The molecule has 0 radical (unpaired) electrons. The monoisotopic (exact) mass is 516 g/mol. The van der Waals surface area contributed by atoms with Gasteiger partial charge in [0.25, 0.3) is 0 Å². The van der Waals surface area contributed by atoms with Crippen molar-refractivity contribution < 1.29 is 13.2 Å². The Morgan fingerprint density at radius 3 is 2.65 bits per heavy atom. The molecule has 0 saturated carbocycles. The van der Waals surface area contributed by atoms with Crippen LogP contribution in [0.25, 0.3) is 10.2 Å². The first-order valence-corrected chi connectivity index (χ1v) is 13.7. The summed E-state index contributed by atoms with van der Waals surface area (Å²) >= 11 is 7.33. The number of fused-ring (bicyclic) bond motifs is 1. The van der Waals surface area contributed by atoms with Crippen molar-refractivity contribution in [3.05, 3.63) is 71.0 Å². The summed E-state index contributed by atoms with van der Waals surface area (Å²) in [6.07, 6.45) is 3.84. The average Bonchev–Trinajstić information content (AvgIpc) is 3.44. The van der Waals surface area contributed by atoms with Crippen molar-refractivity contribution in [2.45, 2.75) is 38.1 Å². The lowest BCUT2D eigenvalue weighted by molar-refractivity contribution is -0.118. The molecule has 0 N–H and O–H groups in total. The van der Waals surface area contributed by atoms with E-state index in [1.54, 1.807) is 27.9 Å². The van der Waals surface area contributed by atoms with Gasteiger partial charge in [-0.2, -0.15) is 5.10 Å². The molecule has 4 aromatic rings. The van der Waals surface area contributed by atoms with E-state index in [-0.39, 0.29) is 29.4 Å². The van der Waals surface area contributed by atoms with Crippen LogP contribution in [0.1, 0.15) is 24.0 Å². The number of aryl methyl sites for hydroxylation is 2. The Kier molecular flexibility index (Phi) is 7.35. The van der Waals surface area contributed by atoms with Crippen molar-refractivity contribution in [3.63, 3.8) is 0 Å². The lowest BCUT2D eigenvalue weighted by Gasteiger charge is -2.20. The number of sulfone groups is 1. The van der Waals surface area contributed by atoms with Crippen LogP contribution < -0.4 is 4.90 Å². The van der Waals surface area contributed by atoms with Crippen molar-refractivity contribution in [1.82, 2.24) is 14.8 Å². The third-order valence-electron chi connectivity index (χ3n) is 5.44. The number of rotatable bonds is 9. The van der Waals surface area contributed by atoms with E-state index in [9.17, 15) is 13.2 Å². The Labute approximate surface area is 207 Å². The summed E-state index contributed by atoms with van der Waals surface area (Å²) in [7, 11) is -3.50. The van der Waals surface area contributed by atoms with Crippen molar-refractivity contribution >= 4 is 54.0 Å². The molecule has 2 aromatic heterocycles. The maximum absolute atomic E-state index is 13.2. The zero-order chi connectivity index (χ0) is 24.3. The maximum atomic E-state index is 13.2. The predicted molar refractivity (Wildman–Crippen MR) is 136 cm³/mol. The number of amides is 1. The van der Waals surface area contributed by atoms with Gasteiger partial charge in [-0.1, -0.05) is 29.0 Å². The summed E-state index contributed by atoms with van der Waals surface area (Å²) in [5.74, 6) is -0.280. The average molecular weight is 517 g/mol. The van der Waals surface area contributed by atoms with Crippen LogP contribution in [0.3, 0.4) is 0 Å². The van der Waals surface area contributed by atoms with E-state index in [2.05, 4.69) is 17.2 Å². The van der Waals surface area contributed by atoms with E-state index >= 15 is 0 Å². The molecule has 0 bridgehead atoms. The van der Waals surface area contributed by atoms with Gasteiger partial charge < -0.3 is 0 Å². The van der Waals surface area contributed by atoms with Crippen LogP contribution in [0.5, 0.6) is 0 Å². The molecule has 0 atom stereocenters. The molecule has 0 aliphatic carbocycles. The molecule has 0 saturated heterocycles. The first-order valence-electron chi connectivity index (χ1n) is 10.9. The van der Waals surface area contributed by atoms with E-state index in [1.165, 1.54) is 23.5 Å². The smallest absolute Gasteiger partial charge is 0.228 e. The summed E-state index contributed by atoms with van der Waals surface area (Å²) in [5, 5.41) is 5.30. The van der Waals surface area contributed by atoms with Crippen LogP contribution in [0, 0.1) is 13.8 Å². The number of anilines is 1. The Bertz CT molecular complexity index is 1400. The van der Waals surface area contributed by atoms with Gasteiger partial charge in [-0.3, -0.25) is 14.4 Å². The largest absolute Gasteiger partial charge is 0.286 e. The molecule has 10 heteroatoms. The minimum atomic E-state index is -3.50. The highest BCUT2D eigenvalue weighted by Gasteiger charge is 2.22. The molecule has 0 unspecified atom stereocenters. The number of nitrogens with zero attached hydrogens (tertiary/aromatic N) is 4. The van der Waals surface area contributed by atoms with Crippen LogP contribution in [-0.4, -0.2) is 41.4 Å². The third kappa shape index (κ3) is 5.65. The number of carbonyl (C=O) groups excluding carboxylic acids is 1. The van der Waals surface area contributed by atoms with E-state index in [0.717, 1.165) is 21.3 Å². The number of hydrogen-bond acceptors (Lipinski definition) is 6. The summed E-state index contributed by atoms with van der Waals surface area (Å²) in [4.78, 5) is 19.9. The Morgan fingerprint density at radius 1 is 1.18 bits per heavy atom. The molecule has 0 aliphatic rings. The van der Waals surface area contributed by atoms with Crippen LogP contribution in [0.2, 0.25) is 5.02 Å². The van der Waals surface area contributed by atoms with Crippen molar-refractivity contribution in [3.8, 4) is 0 Å². The van der Waals surface area contributed by atoms with Gasteiger partial charge in [-0.15, -0.1) is 0 Å². The molecule has 2 aromatic carbocycles. The summed E-state index contributed by atoms with van der Waals surface area (Å²) in [6.45, 7) is 4.95. The van der Waals surface area contributed by atoms with Gasteiger partial charge in [0, 0.05) is 30.4 Å². The van der Waals surface area contributed by atoms with Crippen LogP contribution in [-0.2, 0) is 21.2 Å². The molecule has 4 rings (SSSR count). The standard InChI is InChI=1S/C24H25ClN4O3S2/c1-17-15-18(2)23-21(16-17)33-24(27-23)29(13-12-28-11-4-10-26-28)22(30)5-3-14-34(31,32)20-8-6-19(25)7-9-20/h4,6-11,15-16H,3,5,12-14H2,1-2H3. The second kappa shape index (κ2) is 10.2. The Hall–Kier alpha value is -2.75. The quantitative estimate of drug-likeness (QED) is 0.311. The molecule has 1 amide bonds. The van der Waals surface area contributed by atoms with Crippen LogP contribution >= 0.6 is 22.9 Å². The highest BCUT2D eigenvalue weighted by Crippen LogP contribution is 2.32. The summed E-state index contributed by atoms with van der Waals surface area (Å²) < 4.78 is 28.1. The number of benzene rings is 2. The Morgan fingerprint density at radius 2 is 1.94 bits per heavy atom. The third-order valence-corrected chi connectivity index (χ3v) is 8.53. The van der Waals surface area contributed by atoms with Crippen molar-refractivity contribution in [2.24, 2.45) is 0 Å². The second-order valence-corrected chi connectivity index (χ2v) is 11.7. The first kappa shape index (κ1) is 24.4. The maximum Gasteiger partial charge on any atom is 0.228 e. The molecule has 34 heavy (non-hydrogen) atoms.